The lowest BCUT2D eigenvalue weighted by Crippen LogP contribution is -2.10. The van der Waals surface area contributed by atoms with E-state index in [9.17, 15) is 9.59 Å². The highest BCUT2D eigenvalue weighted by molar-refractivity contribution is 6.30. The number of carbonyl (C=O) groups is 1. The fourth-order valence-corrected chi connectivity index (χ4v) is 1.89. The monoisotopic (exact) mass is 267 g/mol. The van der Waals surface area contributed by atoms with Gasteiger partial charge in [0.2, 0.25) is 0 Å². The summed E-state index contributed by atoms with van der Waals surface area (Å²) in [5.74, 6) is -1.19. The second-order valence-corrected chi connectivity index (χ2v) is 4.26. The average molecular weight is 268 g/mol. The van der Waals surface area contributed by atoms with Crippen molar-refractivity contribution >= 4 is 17.6 Å². The molecule has 0 aliphatic rings. The van der Waals surface area contributed by atoms with Crippen molar-refractivity contribution in [3.8, 4) is 0 Å². The van der Waals surface area contributed by atoms with Gasteiger partial charge in [-0.1, -0.05) is 23.7 Å². The maximum atomic E-state index is 11.3. The quantitative estimate of drug-likeness (QED) is 0.925. The predicted octanol–water partition coefficient (Wildman–Crippen LogP) is 2.15. The predicted molar refractivity (Wildman–Crippen MR) is 65.2 cm³/mol. The van der Waals surface area contributed by atoms with Crippen LogP contribution < -0.4 is 5.63 Å². The van der Waals surface area contributed by atoms with Gasteiger partial charge in [0.15, 0.2) is 5.69 Å². The van der Waals surface area contributed by atoms with E-state index in [1.807, 2.05) is 0 Å². The standard InChI is InChI=1S/C12H10ClNO4/c1-7-10(11(15)16)14(18-12(7)17)6-8-3-2-4-9(13)5-8/h2-5H,6H2,1H3,(H,15,16). The molecule has 0 bridgehead atoms. The summed E-state index contributed by atoms with van der Waals surface area (Å²) in [4.78, 5) is 22.4. The van der Waals surface area contributed by atoms with Gasteiger partial charge >= 0.3 is 11.6 Å². The molecule has 0 aliphatic carbocycles. The molecule has 0 aliphatic heterocycles. The number of carboxylic acids is 1. The minimum absolute atomic E-state index is 0.0875. The number of aromatic nitrogens is 1. The zero-order chi connectivity index (χ0) is 13.3. The normalized spacial score (nSPS) is 10.6. The zero-order valence-corrected chi connectivity index (χ0v) is 10.3. The number of benzene rings is 1. The average Bonchev–Trinajstić information content (AvgIpc) is 2.54. The first kappa shape index (κ1) is 12.4. The Morgan fingerprint density at radius 2 is 2.22 bits per heavy atom. The highest BCUT2D eigenvalue weighted by Crippen LogP contribution is 2.14. The smallest absolute Gasteiger partial charge is 0.361 e. The molecule has 1 aromatic heterocycles. The van der Waals surface area contributed by atoms with Crippen LogP contribution in [0.1, 0.15) is 21.6 Å². The van der Waals surface area contributed by atoms with Gasteiger partial charge in [-0.05, 0) is 24.6 Å². The van der Waals surface area contributed by atoms with Crippen LogP contribution >= 0.6 is 11.6 Å². The number of carboxylic acid groups (broad SMARTS) is 1. The van der Waals surface area contributed by atoms with Gasteiger partial charge in [0.25, 0.3) is 0 Å². The van der Waals surface area contributed by atoms with Crippen molar-refractivity contribution in [2.75, 3.05) is 0 Å². The third-order valence-electron chi connectivity index (χ3n) is 2.52. The molecule has 6 heteroatoms. The molecule has 0 fully saturated rings. The van der Waals surface area contributed by atoms with E-state index in [1.54, 1.807) is 24.3 Å². The first-order valence-electron chi connectivity index (χ1n) is 5.17. The van der Waals surface area contributed by atoms with Crippen molar-refractivity contribution in [3.05, 3.63) is 56.5 Å². The Labute approximate surface area is 107 Å². The first-order valence-corrected chi connectivity index (χ1v) is 5.55. The lowest BCUT2D eigenvalue weighted by atomic mass is 10.2. The molecule has 0 amide bonds. The molecular formula is C12H10ClNO4. The summed E-state index contributed by atoms with van der Waals surface area (Å²) in [6.07, 6.45) is 0. The number of hydrogen-bond acceptors (Lipinski definition) is 3. The molecule has 1 heterocycles. The Hall–Kier alpha value is -2.01. The molecule has 1 N–H and O–H groups in total. The molecule has 5 nitrogen and oxygen atoms in total. The third kappa shape index (κ3) is 2.31. The van der Waals surface area contributed by atoms with E-state index in [0.29, 0.717) is 5.02 Å². The van der Waals surface area contributed by atoms with Crippen LogP contribution in [-0.2, 0) is 6.54 Å². The van der Waals surface area contributed by atoms with E-state index in [0.717, 1.165) is 10.3 Å². The third-order valence-corrected chi connectivity index (χ3v) is 2.76. The second-order valence-electron chi connectivity index (χ2n) is 3.82. The van der Waals surface area contributed by atoms with Gasteiger partial charge in [0.1, 0.15) is 0 Å². The van der Waals surface area contributed by atoms with Crippen LogP contribution in [0.5, 0.6) is 0 Å². The molecule has 0 saturated heterocycles. The lowest BCUT2D eigenvalue weighted by Gasteiger charge is -2.04. The van der Waals surface area contributed by atoms with Crippen LogP contribution in [0.4, 0.5) is 0 Å². The summed E-state index contributed by atoms with van der Waals surface area (Å²) in [7, 11) is 0. The van der Waals surface area contributed by atoms with E-state index in [2.05, 4.69) is 0 Å². The Kier molecular flexibility index (Phi) is 3.25. The van der Waals surface area contributed by atoms with Gasteiger partial charge in [0, 0.05) is 5.02 Å². The highest BCUT2D eigenvalue weighted by atomic mass is 35.5. The largest absolute Gasteiger partial charge is 0.476 e. The molecule has 0 spiro atoms. The van der Waals surface area contributed by atoms with Crippen LogP contribution in [0.2, 0.25) is 5.02 Å². The van der Waals surface area contributed by atoms with Crippen molar-refractivity contribution in [2.45, 2.75) is 13.5 Å². The molecule has 2 aromatic rings. The molecular weight excluding hydrogens is 258 g/mol. The van der Waals surface area contributed by atoms with E-state index in [1.165, 1.54) is 6.92 Å². The van der Waals surface area contributed by atoms with E-state index in [-0.39, 0.29) is 17.8 Å². The van der Waals surface area contributed by atoms with Crippen LogP contribution in [0, 0.1) is 6.92 Å². The molecule has 0 unspecified atom stereocenters. The summed E-state index contributed by atoms with van der Waals surface area (Å²) in [5, 5.41) is 9.58. The maximum Gasteiger partial charge on any atom is 0.361 e. The fourth-order valence-electron chi connectivity index (χ4n) is 1.68. The van der Waals surface area contributed by atoms with Gasteiger partial charge in [-0.25, -0.2) is 9.59 Å². The van der Waals surface area contributed by atoms with Crippen LogP contribution in [-0.4, -0.2) is 15.8 Å². The van der Waals surface area contributed by atoms with Gasteiger partial charge < -0.3 is 9.63 Å². The number of aromatic carboxylic acids is 1. The maximum absolute atomic E-state index is 11.3. The summed E-state index contributed by atoms with van der Waals surface area (Å²) < 4.78 is 5.95. The minimum Gasteiger partial charge on any atom is -0.476 e. The molecule has 1 aromatic carbocycles. The van der Waals surface area contributed by atoms with Gasteiger partial charge in [0.05, 0.1) is 12.1 Å². The molecule has 0 radical (unpaired) electrons. The molecule has 18 heavy (non-hydrogen) atoms. The minimum atomic E-state index is -1.19. The Balaban J connectivity index is 2.44. The number of hydrogen-bond donors (Lipinski definition) is 1. The van der Waals surface area contributed by atoms with E-state index >= 15 is 0 Å². The SMILES string of the molecule is Cc1c(C(=O)O)n(Cc2cccc(Cl)c2)oc1=O. The Bertz CT molecular complexity index is 656. The van der Waals surface area contributed by atoms with Crippen LogP contribution in [0.3, 0.4) is 0 Å². The van der Waals surface area contributed by atoms with Gasteiger partial charge in [-0.15, -0.1) is 0 Å². The first-order chi connectivity index (χ1) is 8.49. The van der Waals surface area contributed by atoms with Crippen molar-refractivity contribution in [1.82, 2.24) is 4.74 Å². The molecule has 94 valence electrons. The Morgan fingerprint density at radius 3 is 2.83 bits per heavy atom. The van der Waals surface area contributed by atoms with Crippen molar-refractivity contribution in [3.63, 3.8) is 0 Å². The van der Waals surface area contributed by atoms with Crippen molar-refractivity contribution < 1.29 is 14.4 Å². The highest BCUT2D eigenvalue weighted by Gasteiger charge is 2.19. The summed E-state index contributed by atoms with van der Waals surface area (Å²) in [6.45, 7) is 1.56. The fraction of sp³-hybridized carbons (Fsp3) is 0.167. The van der Waals surface area contributed by atoms with Crippen molar-refractivity contribution in [1.29, 1.82) is 0 Å². The number of nitrogens with zero attached hydrogens (tertiary/aromatic N) is 1. The van der Waals surface area contributed by atoms with Crippen LogP contribution in [0.15, 0.2) is 33.6 Å². The van der Waals surface area contributed by atoms with Gasteiger partial charge in [-0.2, -0.15) is 4.74 Å². The summed E-state index contributed by atoms with van der Waals surface area (Å²) in [5.41, 5.74) is 0.0580. The molecule has 2 rings (SSSR count). The summed E-state index contributed by atoms with van der Waals surface area (Å²) in [6, 6.07) is 6.90. The van der Waals surface area contributed by atoms with E-state index in [4.69, 9.17) is 21.2 Å². The zero-order valence-electron chi connectivity index (χ0n) is 9.51. The molecule has 0 atom stereocenters. The molecule has 0 saturated carbocycles. The van der Waals surface area contributed by atoms with E-state index < -0.39 is 11.6 Å². The van der Waals surface area contributed by atoms with Crippen molar-refractivity contribution in [2.24, 2.45) is 0 Å². The second kappa shape index (κ2) is 4.70. The Morgan fingerprint density at radius 1 is 1.50 bits per heavy atom. The number of halogens is 1. The lowest BCUT2D eigenvalue weighted by molar-refractivity contribution is 0.0669. The van der Waals surface area contributed by atoms with Crippen LogP contribution in [0.25, 0.3) is 0 Å². The topological polar surface area (TPSA) is 72.4 Å². The summed E-state index contributed by atoms with van der Waals surface area (Å²) >= 11 is 5.83. The number of rotatable bonds is 3. The van der Waals surface area contributed by atoms with Gasteiger partial charge in [-0.3, -0.25) is 0 Å².